The molecule has 1 atom stereocenters. The molecule has 102 valence electrons. The molecule has 7 heteroatoms. The topological polar surface area (TPSA) is 90.0 Å². The zero-order valence-electron chi connectivity index (χ0n) is 10.7. The molecule has 7 nitrogen and oxygen atoms in total. The lowest BCUT2D eigenvalue weighted by atomic mass is 10.2. The van der Waals surface area contributed by atoms with Crippen molar-refractivity contribution in [1.82, 2.24) is 15.1 Å². The van der Waals surface area contributed by atoms with Crippen molar-refractivity contribution in [2.45, 2.75) is 13.3 Å². The van der Waals surface area contributed by atoms with E-state index in [2.05, 4.69) is 5.32 Å². The maximum atomic E-state index is 12.0. The average Bonchev–Trinajstić information content (AvgIpc) is 2.52. The summed E-state index contributed by atoms with van der Waals surface area (Å²) in [7, 11) is 1.57. The smallest absolute Gasteiger partial charge is 0.319 e. The second kappa shape index (κ2) is 6.23. The van der Waals surface area contributed by atoms with Crippen molar-refractivity contribution in [1.29, 1.82) is 0 Å². The van der Waals surface area contributed by atoms with Crippen molar-refractivity contribution >= 4 is 17.9 Å². The molecular weight excluding hydrogens is 238 g/mol. The van der Waals surface area contributed by atoms with E-state index in [1.54, 1.807) is 18.9 Å². The summed E-state index contributed by atoms with van der Waals surface area (Å²) >= 11 is 0. The van der Waals surface area contributed by atoms with E-state index in [0.29, 0.717) is 19.6 Å². The molecule has 1 saturated heterocycles. The summed E-state index contributed by atoms with van der Waals surface area (Å²) in [5.41, 5.74) is 0. The lowest BCUT2D eigenvalue weighted by Gasteiger charge is -2.27. The highest BCUT2D eigenvalue weighted by molar-refractivity contribution is 5.79. The number of hydrogen-bond donors (Lipinski definition) is 2. The highest BCUT2D eigenvalue weighted by Crippen LogP contribution is 2.05. The zero-order valence-corrected chi connectivity index (χ0v) is 10.7. The van der Waals surface area contributed by atoms with E-state index < -0.39 is 11.9 Å². The second-order valence-electron chi connectivity index (χ2n) is 4.49. The first-order valence-electron chi connectivity index (χ1n) is 5.91. The van der Waals surface area contributed by atoms with Crippen molar-refractivity contribution in [3.8, 4) is 0 Å². The molecule has 0 aromatic rings. The van der Waals surface area contributed by atoms with Gasteiger partial charge in [0.15, 0.2) is 0 Å². The minimum atomic E-state index is -0.928. The number of carbonyl (C=O) groups excluding carboxylic acids is 2. The molecule has 0 aromatic carbocycles. The van der Waals surface area contributed by atoms with Crippen LogP contribution in [0.25, 0.3) is 0 Å². The van der Waals surface area contributed by atoms with Crippen LogP contribution in [0, 0.1) is 5.92 Å². The van der Waals surface area contributed by atoms with Crippen molar-refractivity contribution in [2.24, 2.45) is 5.92 Å². The first-order valence-corrected chi connectivity index (χ1v) is 5.91. The summed E-state index contributed by atoms with van der Waals surface area (Å²) in [6, 6.07) is -0.236. The average molecular weight is 257 g/mol. The highest BCUT2D eigenvalue weighted by atomic mass is 16.4. The predicted octanol–water partition coefficient (Wildman–Crippen LogP) is -0.419. The third-order valence-electron chi connectivity index (χ3n) is 2.88. The summed E-state index contributed by atoms with van der Waals surface area (Å²) in [4.78, 5) is 36.9. The largest absolute Gasteiger partial charge is 0.481 e. The van der Waals surface area contributed by atoms with Gasteiger partial charge in [0, 0.05) is 39.6 Å². The van der Waals surface area contributed by atoms with Crippen LogP contribution in [0.15, 0.2) is 0 Å². The molecule has 1 fully saturated rings. The molecule has 2 N–H and O–H groups in total. The van der Waals surface area contributed by atoms with Gasteiger partial charge in [-0.2, -0.15) is 0 Å². The molecule has 1 unspecified atom stereocenters. The number of amides is 3. The van der Waals surface area contributed by atoms with Crippen molar-refractivity contribution in [2.75, 3.05) is 33.2 Å². The highest BCUT2D eigenvalue weighted by Gasteiger charge is 2.23. The van der Waals surface area contributed by atoms with Gasteiger partial charge in [0.05, 0.1) is 5.92 Å². The number of aliphatic carboxylic acids is 1. The minimum absolute atomic E-state index is 0.0631. The molecule has 0 aromatic heterocycles. The van der Waals surface area contributed by atoms with Gasteiger partial charge in [0.1, 0.15) is 0 Å². The third kappa shape index (κ3) is 3.90. The Hall–Kier alpha value is -1.79. The van der Waals surface area contributed by atoms with Crippen LogP contribution in [0.2, 0.25) is 0 Å². The van der Waals surface area contributed by atoms with Crippen molar-refractivity contribution in [3.05, 3.63) is 0 Å². The number of carboxylic acid groups (broad SMARTS) is 1. The van der Waals surface area contributed by atoms with Gasteiger partial charge in [-0.25, -0.2) is 4.79 Å². The van der Waals surface area contributed by atoms with Crippen LogP contribution in [0.4, 0.5) is 4.79 Å². The summed E-state index contributed by atoms with van der Waals surface area (Å²) in [6.07, 6.45) is 0.286. The van der Waals surface area contributed by atoms with Crippen molar-refractivity contribution in [3.63, 3.8) is 0 Å². The van der Waals surface area contributed by atoms with Crippen LogP contribution < -0.4 is 5.32 Å². The summed E-state index contributed by atoms with van der Waals surface area (Å²) in [5.74, 6) is -1.60. The molecule has 1 heterocycles. The fraction of sp³-hybridized carbons (Fsp3) is 0.727. The zero-order chi connectivity index (χ0) is 13.7. The summed E-state index contributed by atoms with van der Waals surface area (Å²) in [6.45, 7) is 2.98. The quantitative estimate of drug-likeness (QED) is 0.718. The fourth-order valence-corrected chi connectivity index (χ4v) is 1.77. The third-order valence-corrected chi connectivity index (χ3v) is 2.88. The van der Waals surface area contributed by atoms with Crippen LogP contribution in [0.5, 0.6) is 0 Å². The fourth-order valence-electron chi connectivity index (χ4n) is 1.77. The molecule has 0 radical (unpaired) electrons. The Morgan fingerprint density at radius 1 is 1.50 bits per heavy atom. The number of nitrogens with one attached hydrogen (secondary N) is 1. The Morgan fingerprint density at radius 3 is 2.78 bits per heavy atom. The van der Waals surface area contributed by atoms with E-state index in [4.69, 9.17) is 5.11 Å². The Balaban J connectivity index is 2.52. The van der Waals surface area contributed by atoms with Crippen LogP contribution in [0.3, 0.4) is 0 Å². The molecular formula is C11H19N3O4. The second-order valence-corrected chi connectivity index (χ2v) is 4.49. The van der Waals surface area contributed by atoms with Crippen molar-refractivity contribution < 1.29 is 19.5 Å². The summed E-state index contributed by atoms with van der Waals surface area (Å²) in [5, 5.41) is 11.5. The van der Waals surface area contributed by atoms with Gasteiger partial charge in [-0.1, -0.05) is 6.92 Å². The maximum absolute atomic E-state index is 12.0. The lowest BCUT2D eigenvalue weighted by Crippen LogP contribution is -2.44. The maximum Gasteiger partial charge on any atom is 0.319 e. The van der Waals surface area contributed by atoms with E-state index >= 15 is 0 Å². The van der Waals surface area contributed by atoms with E-state index in [-0.39, 0.29) is 24.9 Å². The number of urea groups is 1. The molecule has 18 heavy (non-hydrogen) atoms. The normalized spacial score (nSPS) is 17.7. The molecule has 1 rings (SSSR count). The van der Waals surface area contributed by atoms with E-state index in [0.717, 1.165) is 0 Å². The first kappa shape index (κ1) is 14.3. The number of nitrogens with zero attached hydrogens (tertiary/aromatic N) is 2. The number of carboxylic acids is 1. The van der Waals surface area contributed by atoms with E-state index in [9.17, 15) is 14.4 Å². The van der Waals surface area contributed by atoms with Gasteiger partial charge in [0.2, 0.25) is 5.91 Å². The first-order chi connectivity index (χ1) is 8.41. The predicted molar refractivity (Wildman–Crippen MR) is 64.0 cm³/mol. The molecule has 1 aliphatic heterocycles. The van der Waals surface area contributed by atoms with E-state index in [1.807, 2.05) is 0 Å². The molecule has 0 aliphatic carbocycles. The van der Waals surface area contributed by atoms with Crippen LogP contribution in [-0.4, -0.2) is 66.0 Å². The van der Waals surface area contributed by atoms with Crippen LogP contribution >= 0.6 is 0 Å². The number of hydrogen-bond acceptors (Lipinski definition) is 3. The SMILES string of the molecule is CC(CN(C)C(=O)N1CCNC(=O)CC1)C(=O)O. The van der Waals surface area contributed by atoms with Gasteiger partial charge in [-0.15, -0.1) is 0 Å². The van der Waals surface area contributed by atoms with Gasteiger partial charge < -0.3 is 20.2 Å². The number of rotatable bonds is 3. The summed E-state index contributed by atoms with van der Waals surface area (Å²) < 4.78 is 0. The molecule has 3 amide bonds. The molecule has 0 bridgehead atoms. The Kier molecular flexibility index (Phi) is 4.94. The molecule has 1 aliphatic rings. The van der Waals surface area contributed by atoms with Gasteiger partial charge >= 0.3 is 12.0 Å². The standard InChI is InChI=1S/C11H19N3O4/c1-8(10(16)17)7-13(2)11(18)14-5-3-9(15)12-4-6-14/h8H,3-7H2,1-2H3,(H,12,15)(H,16,17). The lowest BCUT2D eigenvalue weighted by molar-refractivity contribution is -0.141. The Bertz CT molecular complexity index is 345. The molecule has 0 saturated carbocycles. The molecule has 0 spiro atoms. The Morgan fingerprint density at radius 2 is 2.17 bits per heavy atom. The minimum Gasteiger partial charge on any atom is -0.481 e. The van der Waals surface area contributed by atoms with Gasteiger partial charge in [0.25, 0.3) is 0 Å². The van der Waals surface area contributed by atoms with Crippen LogP contribution in [-0.2, 0) is 9.59 Å². The van der Waals surface area contributed by atoms with Gasteiger partial charge in [-0.05, 0) is 0 Å². The monoisotopic (exact) mass is 257 g/mol. The van der Waals surface area contributed by atoms with Crippen LogP contribution in [0.1, 0.15) is 13.3 Å². The Labute approximate surface area is 106 Å². The van der Waals surface area contributed by atoms with E-state index in [1.165, 1.54) is 4.90 Å². The van der Waals surface area contributed by atoms with Gasteiger partial charge in [-0.3, -0.25) is 9.59 Å². The number of carbonyl (C=O) groups is 3.